The molecule has 3 nitrogen and oxygen atoms in total. The average Bonchev–Trinajstić information content (AvgIpc) is 2.88. The maximum Gasteiger partial charge on any atom is 0.0549 e. The van der Waals surface area contributed by atoms with Crippen molar-refractivity contribution in [1.29, 1.82) is 0 Å². The maximum absolute atomic E-state index is 5.99. The van der Waals surface area contributed by atoms with Gasteiger partial charge in [-0.25, -0.2) is 0 Å². The summed E-state index contributed by atoms with van der Waals surface area (Å²) in [6.07, 6.45) is 1.05. The van der Waals surface area contributed by atoms with Crippen LogP contribution in [0, 0.1) is 5.92 Å². The predicted octanol–water partition coefficient (Wildman–Crippen LogP) is 3.27. The summed E-state index contributed by atoms with van der Waals surface area (Å²) in [5, 5.41) is 4.23. The van der Waals surface area contributed by atoms with E-state index < -0.39 is 0 Å². The van der Waals surface area contributed by atoms with E-state index >= 15 is 0 Å². The summed E-state index contributed by atoms with van der Waals surface area (Å²) >= 11 is 9.42. The molecule has 2 atom stereocenters. The highest BCUT2D eigenvalue weighted by Gasteiger charge is 2.35. The van der Waals surface area contributed by atoms with Crippen LogP contribution in [0.2, 0.25) is 5.02 Å². The zero-order chi connectivity index (χ0) is 13.2. The molecule has 1 heterocycles. The molecule has 1 aromatic rings. The molecular weight excluding hydrogens is 316 g/mol. The number of nitrogens with one attached hydrogen (secondary N) is 1. The number of nitrogens with two attached hydrogens (primary N) is 1. The second kappa shape index (κ2) is 5.78. The van der Waals surface area contributed by atoms with Crippen LogP contribution >= 0.6 is 27.5 Å². The predicted molar refractivity (Wildman–Crippen MR) is 79.2 cm³/mol. The van der Waals surface area contributed by atoms with Gasteiger partial charge < -0.3 is 15.8 Å². The minimum absolute atomic E-state index is 0.149. The molecule has 1 aliphatic heterocycles. The van der Waals surface area contributed by atoms with Crippen LogP contribution in [0.25, 0.3) is 0 Å². The maximum atomic E-state index is 5.99. The molecule has 1 saturated heterocycles. The van der Waals surface area contributed by atoms with Crippen molar-refractivity contribution in [3.05, 3.63) is 27.7 Å². The van der Waals surface area contributed by atoms with Crippen LogP contribution < -0.4 is 11.1 Å². The Morgan fingerprint density at radius 3 is 2.94 bits per heavy atom. The Hall–Kier alpha value is -0.290. The third-order valence-electron chi connectivity index (χ3n) is 3.60. The largest absolute Gasteiger partial charge is 0.381 e. The van der Waals surface area contributed by atoms with Crippen LogP contribution in [0.15, 0.2) is 22.7 Å². The molecule has 1 aromatic carbocycles. The molecule has 18 heavy (non-hydrogen) atoms. The van der Waals surface area contributed by atoms with Gasteiger partial charge in [0.15, 0.2) is 0 Å². The van der Waals surface area contributed by atoms with Gasteiger partial charge in [0, 0.05) is 29.2 Å². The van der Waals surface area contributed by atoms with E-state index in [1.807, 2.05) is 18.2 Å². The first kappa shape index (κ1) is 14.1. The molecule has 1 fully saturated rings. The molecule has 0 radical (unpaired) electrons. The third kappa shape index (κ3) is 2.99. The van der Waals surface area contributed by atoms with Crippen LogP contribution in [0.5, 0.6) is 0 Å². The van der Waals surface area contributed by atoms with Crippen LogP contribution in [-0.4, -0.2) is 25.3 Å². The Bertz CT molecular complexity index is 423. The number of rotatable bonds is 4. The van der Waals surface area contributed by atoms with Crippen molar-refractivity contribution < 1.29 is 4.74 Å². The van der Waals surface area contributed by atoms with Crippen molar-refractivity contribution in [1.82, 2.24) is 0 Å². The molecule has 2 rings (SSSR count). The van der Waals surface area contributed by atoms with E-state index in [-0.39, 0.29) is 5.54 Å². The van der Waals surface area contributed by atoms with Crippen molar-refractivity contribution in [3.8, 4) is 0 Å². The lowest BCUT2D eigenvalue weighted by atomic mass is 9.84. The minimum atomic E-state index is -0.149. The topological polar surface area (TPSA) is 47.3 Å². The van der Waals surface area contributed by atoms with Gasteiger partial charge in [-0.15, -0.1) is 0 Å². The SMILES string of the molecule is CC(CN)(Nc1ccc(Cl)c(Br)c1)C1CCOC1. The summed E-state index contributed by atoms with van der Waals surface area (Å²) in [7, 11) is 0. The van der Waals surface area contributed by atoms with E-state index in [1.54, 1.807) is 0 Å². The summed E-state index contributed by atoms with van der Waals surface area (Å²) < 4.78 is 6.35. The van der Waals surface area contributed by atoms with Crippen LogP contribution in [0.1, 0.15) is 13.3 Å². The fourth-order valence-corrected chi connectivity index (χ4v) is 2.76. The highest BCUT2D eigenvalue weighted by Crippen LogP contribution is 2.31. The van der Waals surface area contributed by atoms with Gasteiger partial charge in [-0.2, -0.15) is 0 Å². The highest BCUT2D eigenvalue weighted by molar-refractivity contribution is 9.10. The average molecular weight is 334 g/mol. The molecule has 1 aliphatic rings. The standard InChI is InChI=1S/C13H18BrClN2O/c1-13(8-16,9-4-5-18-7-9)17-10-2-3-12(15)11(14)6-10/h2-3,6,9,17H,4-5,7-8,16H2,1H3. The molecule has 2 unspecified atom stereocenters. The van der Waals surface area contributed by atoms with Crippen molar-refractivity contribution in [2.45, 2.75) is 18.9 Å². The lowest BCUT2D eigenvalue weighted by Gasteiger charge is -2.35. The van der Waals surface area contributed by atoms with E-state index in [4.69, 9.17) is 22.1 Å². The van der Waals surface area contributed by atoms with Gasteiger partial charge in [-0.05, 0) is 47.5 Å². The van der Waals surface area contributed by atoms with Crippen molar-refractivity contribution >= 4 is 33.2 Å². The summed E-state index contributed by atoms with van der Waals surface area (Å²) in [4.78, 5) is 0. The number of halogens is 2. The zero-order valence-electron chi connectivity index (χ0n) is 10.4. The molecule has 0 aromatic heterocycles. The summed E-state index contributed by atoms with van der Waals surface area (Å²) in [5.74, 6) is 0.442. The first-order chi connectivity index (χ1) is 8.55. The Morgan fingerprint density at radius 2 is 2.39 bits per heavy atom. The molecule has 0 amide bonds. The summed E-state index contributed by atoms with van der Waals surface area (Å²) in [6.45, 7) is 4.32. The van der Waals surface area contributed by atoms with Gasteiger partial charge in [-0.1, -0.05) is 11.6 Å². The molecule has 100 valence electrons. The first-order valence-corrected chi connectivity index (χ1v) is 7.23. The van der Waals surface area contributed by atoms with E-state index in [0.29, 0.717) is 17.5 Å². The highest BCUT2D eigenvalue weighted by atomic mass is 79.9. The smallest absolute Gasteiger partial charge is 0.0549 e. The van der Waals surface area contributed by atoms with Crippen LogP contribution in [0.4, 0.5) is 5.69 Å². The number of benzene rings is 1. The Morgan fingerprint density at radius 1 is 1.61 bits per heavy atom. The molecule has 0 aliphatic carbocycles. The number of hydrogen-bond acceptors (Lipinski definition) is 3. The summed E-state index contributed by atoms with van der Waals surface area (Å²) in [6, 6.07) is 5.82. The molecule has 0 spiro atoms. The van der Waals surface area contributed by atoms with Crippen molar-refractivity contribution in [2.75, 3.05) is 25.1 Å². The van der Waals surface area contributed by atoms with E-state index in [2.05, 4.69) is 28.2 Å². The Balaban J connectivity index is 2.15. The molecule has 3 N–H and O–H groups in total. The fourth-order valence-electron chi connectivity index (χ4n) is 2.26. The molecule has 5 heteroatoms. The van der Waals surface area contributed by atoms with E-state index in [0.717, 1.165) is 29.8 Å². The second-order valence-corrected chi connectivity index (χ2v) is 6.20. The lowest BCUT2D eigenvalue weighted by molar-refractivity contribution is 0.172. The van der Waals surface area contributed by atoms with Crippen LogP contribution in [0.3, 0.4) is 0 Å². The van der Waals surface area contributed by atoms with Gasteiger partial charge in [0.2, 0.25) is 0 Å². The monoisotopic (exact) mass is 332 g/mol. The number of hydrogen-bond donors (Lipinski definition) is 2. The number of ether oxygens (including phenoxy) is 1. The van der Waals surface area contributed by atoms with Crippen LogP contribution in [-0.2, 0) is 4.74 Å². The third-order valence-corrected chi connectivity index (χ3v) is 4.82. The van der Waals surface area contributed by atoms with Crippen molar-refractivity contribution in [2.24, 2.45) is 11.7 Å². The Kier molecular flexibility index (Phi) is 4.54. The van der Waals surface area contributed by atoms with Gasteiger partial charge in [-0.3, -0.25) is 0 Å². The van der Waals surface area contributed by atoms with E-state index in [1.165, 1.54) is 0 Å². The zero-order valence-corrected chi connectivity index (χ0v) is 12.7. The van der Waals surface area contributed by atoms with Crippen molar-refractivity contribution in [3.63, 3.8) is 0 Å². The van der Waals surface area contributed by atoms with E-state index in [9.17, 15) is 0 Å². The fraction of sp³-hybridized carbons (Fsp3) is 0.538. The Labute approximate surface area is 121 Å². The molecular formula is C13H18BrClN2O. The van der Waals surface area contributed by atoms with Gasteiger partial charge >= 0.3 is 0 Å². The van der Waals surface area contributed by atoms with Gasteiger partial charge in [0.1, 0.15) is 0 Å². The summed E-state index contributed by atoms with van der Waals surface area (Å²) in [5.41, 5.74) is 6.82. The second-order valence-electron chi connectivity index (χ2n) is 4.94. The van der Waals surface area contributed by atoms with Gasteiger partial charge in [0.05, 0.1) is 17.2 Å². The number of anilines is 1. The lowest BCUT2D eigenvalue weighted by Crippen LogP contribution is -2.49. The molecule has 0 saturated carbocycles. The minimum Gasteiger partial charge on any atom is -0.381 e. The first-order valence-electron chi connectivity index (χ1n) is 6.06. The molecule has 0 bridgehead atoms. The van der Waals surface area contributed by atoms with Gasteiger partial charge in [0.25, 0.3) is 0 Å². The quantitative estimate of drug-likeness (QED) is 0.889. The normalized spacial score (nSPS) is 22.8.